The molecule has 0 N–H and O–H groups in total. The largest absolute Gasteiger partial charge is 0.473 e. The van der Waals surface area contributed by atoms with E-state index in [-0.39, 0.29) is 23.6 Å². The third-order valence-corrected chi connectivity index (χ3v) is 9.39. The molecular weight excluding hydrogens is 591 g/mol. The van der Waals surface area contributed by atoms with Gasteiger partial charge in [-0.3, -0.25) is 14.9 Å². The van der Waals surface area contributed by atoms with Crippen molar-refractivity contribution in [1.29, 1.82) is 5.26 Å². The average Bonchev–Trinajstić information content (AvgIpc) is 3.59. The Morgan fingerprint density at radius 2 is 2.18 bits per heavy atom. The lowest BCUT2D eigenvalue weighted by molar-refractivity contribution is 0.0601. The smallest absolute Gasteiger partial charge is 0.337 e. The molecule has 2 atom stereocenters. The molecule has 2 unspecified atom stereocenters. The van der Waals surface area contributed by atoms with Crippen LogP contribution < -0.4 is 9.64 Å². The summed E-state index contributed by atoms with van der Waals surface area (Å²) in [5, 5.41) is 8.96. The summed E-state index contributed by atoms with van der Waals surface area (Å²) in [6.45, 7) is 3.29. The first-order valence-corrected chi connectivity index (χ1v) is 15.6. The summed E-state index contributed by atoms with van der Waals surface area (Å²) in [6.07, 6.45) is 5.85. The maximum absolute atomic E-state index is 14.3. The molecule has 230 valence electrons. The first kappa shape index (κ1) is 30.4. The van der Waals surface area contributed by atoms with Crippen molar-refractivity contribution in [1.82, 2.24) is 14.9 Å². The van der Waals surface area contributed by atoms with Crippen molar-refractivity contribution in [2.24, 2.45) is 10.9 Å². The molecule has 0 amide bonds. The normalized spacial score (nSPS) is 19.1. The van der Waals surface area contributed by atoms with Gasteiger partial charge < -0.3 is 14.4 Å². The van der Waals surface area contributed by atoms with Crippen molar-refractivity contribution in [2.45, 2.75) is 31.4 Å². The Balaban J connectivity index is 1.07. The van der Waals surface area contributed by atoms with E-state index in [2.05, 4.69) is 20.9 Å². The molecular formula is C34H33FN6O3S. The topological polar surface area (TPSA) is 104 Å². The molecule has 6 rings (SSSR count). The van der Waals surface area contributed by atoms with E-state index in [4.69, 9.17) is 24.7 Å². The molecule has 0 bridgehead atoms. The number of anilines is 1. The minimum Gasteiger partial charge on any atom is -0.473 e. The molecule has 3 heterocycles. The Morgan fingerprint density at radius 1 is 1.29 bits per heavy atom. The number of nitriles is 1. The van der Waals surface area contributed by atoms with Crippen molar-refractivity contribution in [3.8, 4) is 11.9 Å². The molecule has 0 radical (unpaired) electrons. The number of pyridine rings is 1. The van der Waals surface area contributed by atoms with Gasteiger partial charge in [-0.25, -0.2) is 14.2 Å². The molecule has 2 aromatic heterocycles. The Morgan fingerprint density at radius 3 is 2.93 bits per heavy atom. The number of nitrogens with zero attached hydrogens (tertiary/aromatic N) is 6. The highest BCUT2D eigenvalue weighted by Crippen LogP contribution is 2.58. The number of carbonyl (C=O) groups is 1. The lowest BCUT2D eigenvalue weighted by Gasteiger charge is -2.30. The summed E-state index contributed by atoms with van der Waals surface area (Å²) in [4.78, 5) is 31.6. The van der Waals surface area contributed by atoms with Crippen LogP contribution in [0, 0.1) is 23.1 Å². The zero-order chi connectivity index (χ0) is 31.4. The van der Waals surface area contributed by atoms with Crippen LogP contribution in [0.5, 0.6) is 5.88 Å². The number of ether oxygens (including phenoxy) is 2. The fourth-order valence-corrected chi connectivity index (χ4v) is 6.68. The first-order chi connectivity index (χ1) is 21.9. The van der Waals surface area contributed by atoms with E-state index in [1.165, 1.54) is 13.2 Å². The van der Waals surface area contributed by atoms with E-state index < -0.39 is 5.82 Å². The molecule has 9 nitrogen and oxygen atoms in total. The SMILES string of the molecule is COC(=O)c1ccc(/N=C/CN2CCC3(c4cccc(OCc5ccc(C#N)cc5F)n4)CC3C2)c(N(C)Cc2cncs2)c1. The van der Waals surface area contributed by atoms with E-state index in [0.717, 1.165) is 54.4 Å². The van der Waals surface area contributed by atoms with Crippen molar-refractivity contribution in [2.75, 3.05) is 38.7 Å². The third kappa shape index (κ3) is 6.72. The fourth-order valence-electron chi connectivity index (χ4n) is 6.03. The van der Waals surface area contributed by atoms with Crippen molar-refractivity contribution < 1.29 is 18.7 Å². The Hall–Kier alpha value is -4.66. The maximum Gasteiger partial charge on any atom is 0.337 e. The quantitative estimate of drug-likeness (QED) is 0.150. The van der Waals surface area contributed by atoms with Gasteiger partial charge in [0.15, 0.2) is 0 Å². The molecule has 2 aliphatic rings. The molecule has 0 spiro atoms. The molecule has 1 aliphatic carbocycles. The number of fused-ring (bicyclic) bond motifs is 1. The van der Waals surface area contributed by atoms with Gasteiger partial charge >= 0.3 is 5.97 Å². The Bertz CT molecular complexity index is 1760. The molecule has 2 fully saturated rings. The van der Waals surface area contributed by atoms with Crippen LogP contribution in [0.2, 0.25) is 0 Å². The zero-order valence-electron chi connectivity index (χ0n) is 25.1. The predicted molar refractivity (Wildman–Crippen MR) is 171 cm³/mol. The summed E-state index contributed by atoms with van der Waals surface area (Å²) in [7, 11) is 3.36. The van der Waals surface area contributed by atoms with Gasteiger partial charge in [0.2, 0.25) is 5.88 Å². The third-order valence-electron chi connectivity index (χ3n) is 8.63. The highest BCUT2D eigenvalue weighted by molar-refractivity contribution is 7.09. The van der Waals surface area contributed by atoms with E-state index in [9.17, 15) is 9.18 Å². The highest BCUT2D eigenvalue weighted by Gasteiger charge is 2.58. The molecule has 1 saturated heterocycles. The standard InChI is InChI=1S/C34H33FN6O3S/c1-40(20-27-18-37-22-45-27)30-15-24(33(42)43-2)8-9-29(30)38-11-13-41-12-10-34(16-26(34)19-41)31-4-3-5-32(39-31)44-21-25-7-6-23(17-36)14-28(25)35/h3-9,11,14-15,18,22,26H,10,12-13,16,19-21H2,1-2H3/b38-11+. The van der Waals surface area contributed by atoms with Crippen molar-refractivity contribution in [3.05, 3.63) is 99.4 Å². The van der Waals surface area contributed by atoms with E-state index in [1.807, 2.05) is 49.2 Å². The van der Waals surface area contributed by atoms with Gasteiger partial charge in [-0.05, 0) is 61.7 Å². The summed E-state index contributed by atoms with van der Waals surface area (Å²) >= 11 is 1.59. The van der Waals surface area contributed by atoms with Crippen LogP contribution in [0.1, 0.15) is 44.9 Å². The van der Waals surface area contributed by atoms with Gasteiger partial charge in [0.25, 0.3) is 0 Å². The fraction of sp³-hybridized carbons (Fsp3) is 0.324. The van der Waals surface area contributed by atoms with E-state index in [0.29, 0.717) is 29.5 Å². The summed E-state index contributed by atoms with van der Waals surface area (Å²) < 4.78 is 25.1. The van der Waals surface area contributed by atoms with Crippen LogP contribution >= 0.6 is 11.3 Å². The van der Waals surface area contributed by atoms with Crippen LogP contribution in [0.4, 0.5) is 15.8 Å². The lowest BCUT2D eigenvalue weighted by Crippen LogP contribution is -2.37. The molecule has 45 heavy (non-hydrogen) atoms. The van der Waals surface area contributed by atoms with Gasteiger partial charge in [-0.2, -0.15) is 5.26 Å². The maximum atomic E-state index is 14.3. The summed E-state index contributed by atoms with van der Waals surface area (Å²) in [5.41, 5.74) is 5.66. The number of thiazole rings is 1. The Kier molecular flexibility index (Phi) is 8.87. The number of esters is 1. The lowest BCUT2D eigenvalue weighted by atomic mass is 9.91. The number of carbonyl (C=O) groups excluding carboxylic acids is 1. The number of hydrogen-bond acceptors (Lipinski definition) is 10. The van der Waals surface area contributed by atoms with Gasteiger partial charge in [0, 0.05) is 54.5 Å². The molecule has 11 heteroatoms. The first-order valence-electron chi connectivity index (χ1n) is 14.7. The monoisotopic (exact) mass is 624 g/mol. The van der Waals surface area contributed by atoms with Gasteiger partial charge in [-0.15, -0.1) is 11.3 Å². The van der Waals surface area contributed by atoms with Crippen LogP contribution in [0.3, 0.4) is 0 Å². The van der Waals surface area contributed by atoms with Gasteiger partial charge in [0.05, 0.1) is 53.4 Å². The Labute approximate surface area is 265 Å². The van der Waals surface area contributed by atoms with Gasteiger partial charge in [-0.1, -0.05) is 12.1 Å². The van der Waals surface area contributed by atoms with E-state index in [1.54, 1.807) is 35.6 Å². The number of methoxy groups -OCH3 is 1. The summed E-state index contributed by atoms with van der Waals surface area (Å²) in [5.74, 6) is 0.129. The van der Waals surface area contributed by atoms with Crippen LogP contribution in [-0.4, -0.2) is 60.8 Å². The second-order valence-corrected chi connectivity index (χ2v) is 12.4. The minimum atomic E-state index is -0.459. The van der Waals surface area contributed by atoms with Crippen LogP contribution in [0.15, 0.2) is 71.3 Å². The zero-order valence-corrected chi connectivity index (χ0v) is 26.0. The summed E-state index contributed by atoms with van der Waals surface area (Å²) in [6, 6.07) is 17.6. The number of halogens is 1. The number of piperidine rings is 1. The van der Waals surface area contributed by atoms with Crippen LogP contribution in [0.25, 0.3) is 0 Å². The minimum absolute atomic E-state index is 0.0446. The second-order valence-electron chi connectivity index (χ2n) is 11.5. The van der Waals surface area contributed by atoms with Crippen molar-refractivity contribution in [3.63, 3.8) is 0 Å². The number of hydrogen-bond donors (Lipinski definition) is 0. The van der Waals surface area contributed by atoms with Crippen molar-refractivity contribution >= 4 is 34.9 Å². The number of likely N-dealkylation sites (tertiary alicyclic amines) is 1. The number of benzene rings is 2. The average molecular weight is 625 g/mol. The highest BCUT2D eigenvalue weighted by atomic mass is 32.1. The molecule has 1 aliphatic heterocycles. The number of aromatic nitrogens is 2. The van der Waals surface area contributed by atoms with Crippen LogP contribution in [-0.2, 0) is 23.3 Å². The number of rotatable bonds is 11. The van der Waals surface area contributed by atoms with Gasteiger partial charge in [0.1, 0.15) is 12.4 Å². The second kappa shape index (κ2) is 13.1. The predicted octanol–water partition coefficient (Wildman–Crippen LogP) is 5.92. The van der Waals surface area contributed by atoms with E-state index >= 15 is 0 Å². The number of aliphatic imine (C=N–C) groups is 1. The molecule has 1 saturated carbocycles. The molecule has 2 aromatic carbocycles. The molecule has 4 aromatic rings.